The van der Waals surface area contributed by atoms with Crippen molar-refractivity contribution < 1.29 is 106 Å². The summed E-state index contributed by atoms with van der Waals surface area (Å²) in [5, 5.41) is 0. The van der Waals surface area contributed by atoms with Gasteiger partial charge in [0.05, 0.1) is 63.6 Å². The van der Waals surface area contributed by atoms with Crippen LogP contribution in [0, 0.1) is 0 Å². The Morgan fingerprint density at radius 1 is 0.360 bits per heavy atom. The van der Waals surface area contributed by atoms with Gasteiger partial charge < -0.3 is 106 Å². The molecule has 0 radical (unpaired) electrons. The van der Waals surface area contributed by atoms with Crippen molar-refractivity contribution in [1.29, 1.82) is 0 Å². The lowest BCUT2D eigenvalue weighted by molar-refractivity contribution is -0.0130. The maximum absolute atomic E-state index is 6.05. The van der Waals surface area contributed by atoms with Crippen molar-refractivity contribution >= 4 is 87.7 Å². The molecule has 0 aromatic carbocycles. The molecule has 6 heterocycles. The summed E-state index contributed by atoms with van der Waals surface area (Å²) < 4.78 is 136. The minimum Gasteiger partial charge on any atom is -0.426 e. The summed E-state index contributed by atoms with van der Waals surface area (Å²) in [6.07, 6.45) is 23.5. The maximum Gasteiger partial charge on any atom is 0.615 e. The maximum atomic E-state index is 6.05. The highest BCUT2D eigenvalue weighted by molar-refractivity contribution is 6.70. The molecule has 0 spiro atoms. The molecule has 6 saturated heterocycles. The molecule has 0 amide bonds. The fourth-order valence-electron chi connectivity index (χ4n) is 8.43. The van der Waals surface area contributed by atoms with Crippen molar-refractivity contribution in [3.63, 3.8) is 0 Å². The van der Waals surface area contributed by atoms with Gasteiger partial charge in [0.2, 0.25) is 0 Å². The van der Waals surface area contributed by atoms with Gasteiger partial charge in [-0.15, -0.1) is 0 Å². The van der Waals surface area contributed by atoms with Gasteiger partial charge in [-0.1, -0.05) is 142 Å². The highest BCUT2D eigenvalue weighted by Crippen LogP contribution is 2.23. The van der Waals surface area contributed by atoms with Crippen LogP contribution in [-0.2, 0) is 106 Å². The molecule has 6 rings (SSSR count). The third kappa shape index (κ3) is 27.0. The lowest BCUT2D eigenvalue weighted by Crippen LogP contribution is -2.57. The first-order valence-corrected chi connectivity index (χ1v) is 28.4. The molecule has 75 heavy (non-hydrogen) atoms. The van der Waals surface area contributed by atoms with E-state index in [9.17, 15) is 0 Å². The average Bonchev–Trinajstić information content (AvgIpc) is 3.38. The second-order valence-corrected chi connectivity index (χ2v) is 20.0. The number of unbranched alkanes of at least 4 members (excludes halogenated alkanes) is 19. The lowest BCUT2D eigenvalue weighted by Gasteiger charge is -2.34. The van der Waals surface area contributed by atoms with Gasteiger partial charge in [-0.25, -0.2) is 0 Å². The van der Waals surface area contributed by atoms with E-state index in [1.165, 1.54) is 103 Å². The van der Waals surface area contributed by atoms with Crippen LogP contribution in [-0.4, -0.2) is 158 Å². The quantitative estimate of drug-likeness (QED) is 0.0626. The smallest absolute Gasteiger partial charge is 0.426 e. The van der Waals surface area contributed by atoms with E-state index in [1.807, 2.05) is 0 Å². The Bertz CT molecular complexity index is 1470. The highest BCUT2D eigenvalue weighted by Gasteiger charge is 2.52. The van der Waals surface area contributed by atoms with Gasteiger partial charge in [-0.2, -0.15) is 0 Å². The van der Waals surface area contributed by atoms with E-state index in [2.05, 4.69) is 13.8 Å². The summed E-state index contributed by atoms with van der Waals surface area (Å²) in [5.41, 5.74) is 0. The Morgan fingerprint density at radius 3 is 1.12 bits per heavy atom. The SMILES string of the molecule is CCCCCCCCCCCCCB1OB2OCC(C)OB3OB(OCC(C)OB(O1)O2)OB(OC(C)COB1OB2OCC(C)OB4OB(OCCCCCCCCCCCC)OB(OCC(C)OB(O2)O1)O4)O3. The number of fused-ring (bicyclic) bond motifs is 8. The second-order valence-electron chi connectivity index (χ2n) is 20.0. The van der Waals surface area contributed by atoms with Gasteiger partial charge >= 0.3 is 87.7 Å². The van der Waals surface area contributed by atoms with Gasteiger partial charge in [0.1, 0.15) is 0 Å². The van der Waals surface area contributed by atoms with E-state index in [1.54, 1.807) is 34.6 Å². The molecule has 0 saturated carbocycles. The van der Waals surface area contributed by atoms with Crippen LogP contribution < -0.4 is 0 Å². The first kappa shape index (κ1) is 64.0. The van der Waals surface area contributed by atoms with Crippen molar-refractivity contribution in [2.75, 3.05) is 39.6 Å². The van der Waals surface area contributed by atoms with Crippen molar-refractivity contribution in [3.8, 4) is 0 Å². The standard InChI is InChI=1S/C40H82B12O23/c1-8-10-12-14-16-18-20-21-23-25-27-29-41-64-43-54-31-37(4)62-51-73-47(58-32-36(3)59-48(65-41)69-43)74-52(75-51)63-40(7)35-57-46-67-45-56-34-38(5)60-49-68-42(53-30-28-26-24-22-19-17-15-13-11-9-2)66-44(70-49)55-33-39(6)61-50(71-45)72-46/h36-40H,8-35H2,1-7H3. The molecule has 0 N–H and O–H groups in total. The molecule has 8 bridgehead atoms. The van der Waals surface area contributed by atoms with Crippen molar-refractivity contribution in [2.24, 2.45) is 0 Å². The third-order valence-corrected chi connectivity index (χ3v) is 12.6. The van der Waals surface area contributed by atoms with Crippen LogP contribution in [0.25, 0.3) is 0 Å². The molecule has 416 valence electrons. The van der Waals surface area contributed by atoms with E-state index >= 15 is 0 Å². The van der Waals surface area contributed by atoms with Crippen LogP contribution >= 0.6 is 0 Å². The Morgan fingerprint density at radius 2 is 0.680 bits per heavy atom. The molecule has 0 aliphatic carbocycles. The van der Waals surface area contributed by atoms with Crippen LogP contribution in [0.5, 0.6) is 0 Å². The van der Waals surface area contributed by atoms with E-state index < -0.39 is 118 Å². The number of hydrogen-bond acceptors (Lipinski definition) is 23. The molecular weight excluding hydrogens is 978 g/mol. The first-order chi connectivity index (χ1) is 36.6. The molecule has 6 aliphatic rings. The van der Waals surface area contributed by atoms with Crippen LogP contribution in [0.2, 0.25) is 6.32 Å². The predicted octanol–water partition coefficient (Wildman–Crippen LogP) is 5.95. The largest absolute Gasteiger partial charge is 0.615 e. The number of rotatable bonds is 29. The van der Waals surface area contributed by atoms with E-state index in [4.69, 9.17) is 106 Å². The Balaban J connectivity index is 0.895. The summed E-state index contributed by atoms with van der Waals surface area (Å²) in [7, 11) is -13.8. The molecule has 5 unspecified atom stereocenters. The zero-order chi connectivity index (χ0) is 52.9. The minimum atomic E-state index is -1.32. The molecule has 23 nitrogen and oxygen atoms in total. The van der Waals surface area contributed by atoms with Crippen molar-refractivity contribution in [2.45, 2.75) is 220 Å². The summed E-state index contributed by atoms with van der Waals surface area (Å²) in [6.45, 7) is 13.7. The molecular formula is C40H82B12O23. The lowest BCUT2D eigenvalue weighted by atomic mass is 9.76. The van der Waals surface area contributed by atoms with Gasteiger partial charge in [-0.3, -0.25) is 0 Å². The summed E-state index contributed by atoms with van der Waals surface area (Å²) in [5.74, 6) is 0. The monoisotopic (exact) mass is 1060 g/mol. The predicted molar refractivity (Wildman–Crippen MR) is 284 cm³/mol. The van der Waals surface area contributed by atoms with E-state index in [0.717, 1.165) is 32.1 Å². The zero-order valence-corrected chi connectivity index (χ0v) is 46.0. The van der Waals surface area contributed by atoms with Crippen LogP contribution in [0.4, 0.5) is 0 Å². The second kappa shape index (κ2) is 37.8. The number of hydrogen-bond donors (Lipinski definition) is 0. The molecule has 6 fully saturated rings. The van der Waals surface area contributed by atoms with Gasteiger partial charge in [0.15, 0.2) is 0 Å². The van der Waals surface area contributed by atoms with Gasteiger partial charge in [0.25, 0.3) is 0 Å². The molecule has 0 aromatic heterocycles. The van der Waals surface area contributed by atoms with Crippen molar-refractivity contribution in [3.05, 3.63) is 0 Å². The normalized spacial score (nSPS) is 24.5. The van der Waals surface area contributed by atoms with Gasteiger partial charge in [-0.05, 0) is 47.4 Å². The third-order valence-electron chi connectivity index (χ3n) is 12.6. The average molecular weight is 1060 g/mol. The fraction of sp³-hybridized carbons (Fsp3) is 1.00. The van der Waals surface area contributed by atoms with E-state index in [-0.39, 0.29) is 33.0 Å². The van der Waals surface area contributed by atoms with Crippen LogP contribution in [0.3, 0.4) is 0 Å². The van der Waals surface area contributed by atoms with Crippen LogP contribution in [0.15, 0.2) is 0 Å². The topological polar surface area (TPSA) is 212 Å². The van der Waals surface area contributed by atoms with E-state index in [0.29, 0.717) is 12.9 Å². The summed E-state index contributed by atoms with van der Waals surface area (Å²) in [4.78, 5) is 0. The molecule has 0 aromatic rings. The highest BCUT2D eigenvalue weighted by atomic mass is 16.9. The Kier molecular flexibility index (Phi) is 32.3. The zero-order valence-electron chi connectivity index (χ0n) is 46.0. The molecule has 5 atom stereocenters. The van der Waals surface area contributed by atoms with Gasteiger partial charge in [0, 0.05) is 6.61 Å². The Labute approximate surface area is 452 Å². The Hall–Kier alpha value is -0.141. The summed E-state index contributed by atoms with van der Waals surface area (Å²) in [6, 6.07) is 0. The summed E-state index contributed by atoms with van der Waals surface area (Å²) >= 11 is 0. The fourth-order valence-corrected chi connectivity index (χ4v) is 8.43. The van der Waals surface area contributed by atoms with Crippen molar-refractivity contribution in [1.82, 2.24) is 0 Å². The molecule has 35 heteroatoms. The minimum absolute atomic E-state index is 0.000598. The first-order valence-electron chi connectivity index (χ1n) is 28.4. The van der Waals surface area contributed by atoms with Crippen LogP contribution in [0.1, 0.15) is 183 Å². The molecule has 6 aliphatic heterocycles.